The summed E-state index contributed by atoms with van der Waals surface area (Å²) in [5.74, 6) is 0.206. The first kappa shape index (κ1) is 13.7. The Morgan fingerprint density at radius 2 is 1.73 bits per heavy atom. The molecule has 0 aromatic carbocycles. The molecule has 4 heteroatoms. The number of hydrogen-bond donors (Lipinski definition) is 2. The molecule has 0 atom stereocenters. The molecule has 15 heavy (non-hydrogen) atoms. The van der Waals surface area contributed by atoms with Crippen molar-refractivity contribution < 1.29 is 9.59 Å². The SMILES string of the molecule is C=C(C)C(=O)NCCNC(=O)CC(C)C. The van der Waals surface area contributed by atoms with E-state index in [0.717, 1.165) is 0 Å². The third-order valence-electron chi connectivity index (χ3n) is 1.71. The molecule has 0 aromatic heterocycles. The molecule has 0 radical (unpaired) electrons. The molecule has 0 fully saturated rings. The fourth-order valence-corrected chi connectivity index (χ4v) is 0.972. The molecule has 0 aliphatic heterocycles. The van der Waals surface area contributed by atoms with Gasteiger partial charge in [-0.3, -0.25) is 9.59 Å². The first-order chi connectivity index (χ1) is 6.93. The van der Waals surface area contributed by atoms with Gasteiger partial charge in [-0.15, -0.1) is 0 Å². The summed E-state index contributed by atoms with van der Waals surface area (Å²) in [6, 6.07) is 0. The molecule has 0 aliphatic rings. The lowest BCUT2D eigenvalue weighted by atomic mass is 10.1. The summed E-state index contributed by atoms with van der Waals surface area (Å²) in [6.07, 6.45) is 0.522. The van der Waals surface area contributed by atoms with Crippen LogP contribution in [-0.2, 0) is 9.59 Å². The van der Waals surface area contributed by atoms with E-state index in [-0.39, 0.29) is 11.8 Å². The zero-order chi connectivity index (χ0) is 11.8. The van der Waals surface area contributed by atoms with Gasteiger partial charge in [-0.2, -0.15) is 0 Å². The van der Waals surface area contributed by atoms with Crippen molar-refractivity contribution >= 4 is 11.8 Å². The highest BCUT2D eigenvalue weighted by atomic mass is 16.2. The molecule has 2 amide bonds. The van der Waals surface area contributed by atoms with E-state index in [4.69, 9.17) is 0 Å². The standard InChI is InChI=1S/C11H20N2O2/c1-8(2)7-10(14)12-5-6-13-11(15)9(3)4/h8H,3,5-7H2,1-2,4H3,(H,12,14)(H,13,15). The van der Waals surface area contributed by atoms with E-state index in [2.05, 4.69) is 17.2 Å². The quantitative estimate of drug-likeness (QED) is 0.506. The minimum absolute atomic E-state index is 0.0228. The van der Waals surface area contributed by atoms with E-state index >= 15 is 0 Å². The molecule has 0 spiro atoms. The maximum absolute atomic E-state index is 11.2. The predicted octanol–water partition coefficient (Wildman–Crippen LogP) is 0.841. The molecule has 86 valence electrons. The maximum atomic E-state index is 11.2. The molecular weight excluding hydrogens is 192 g/mol. The smallest absolute Gasteiger partial charge is 0.246 e. The van der Waals surface area contributed by atoms with Crippen molar-refractivity contribution in [1.82, 2.24) is 10.6 Å². The van der Waals surface area contributed by atoms with Crippen molar-refractivity contribution in [3.63, 3.8) is 0 Å². The average Bonchev–Trinajstić information content (AvgIpc) is 2.10. The van der Waals surface area contributed by atoms with Crippen LogP contribution >= 0.6 is 0 Å². The average molecular weight is 212 g/mol. The highest BCUT2D eigenvalue weighted by molar-refractivity contribution is 5.92. The van der Waals surface area contributed by atoms with E-state index in [0.29, 0.717) is 31.0 Å². The zero-order valence-electron chi connectivity index (χ0n) is 9.72. The van der Waals surface area contributed by atoms with Gasteiger partial charge in [0.2, 0.25) is 11.8 Å². The first-order valence-corrected chi connectivity index (χ1v) is 5.14. The van der Waals surface area contributed by atoms with Crippen LogP contribution in [0.25, 0.3) is 0 Å². The summed E-state index contributed by atoms with van der Waals surface area (Å²) in [6.45, 7) is 10.0. The van der Waals surface area contributed by atoms with Gasteiger partial charge in [0.25, 0.3) is 0 Å². The molecular formula is C11H20N2O2. The van der Waals surface area contributed by atoms with Crippen LogP contribution in [-0.4, -0.2) is 24.9 Å². The van der Waals surface area contributed by atoms with E-state index in [1.54, 1.807) is 6.92 Å². The van der Waals surface area contributed by atoms with Crippen molar-refractivity contribution in [2.75, 3.05) is 13.1 Å². The molecule has 2 N–H and O–H groups in total. The van der Waals surface area contributed by atoms with Crippen LogP contribution in [0.4, 0.5) is 0 Å². The summed E-state index contributed by atoms with van der Waals surface area (Å²) < 4.78 is 0. The first-order valence-electron chi connectivity index (χ1n) is 5.14. The fraction of sp³-hybridized carbons (Fsp3) is 0.636. The van der Waals surface area contributed by atoms with Crippen LogP contribution in [0.3, 0.4) is 0 Å². The fourth-order valence-electron chi connectivity index (χ4n) is 0.972. The summed E-state index contributed by atoms with van der Waals surface area (Å²) in [4.78, 5) is 22.2. The van der Waals surface area contributed by atoms with E-state index in [1.165, 1.54) is 0 Å². The Kier molecular flexibility index (Phi) is 6.42. The molecule has 0 rings (SSSR count). The van der Waals surface area contributed by atoms with Gasteiger partial charge in [0.15, 0.2) is 0 Å². The highest BCUT2D eigenvalue weighted by Crippen LogP contribution is 1.97. The molecule has 4 nitrogen and oxygen atoms in total. The lowest BCUT2D eigenvalue weighted by Gasteiger charge is -2.08. The van der Waals surface area contributed by atoms with Crippen LogP contribution in [0.1, 0.15) is 27.2 Å². The number of hydrogen-bond acceptors (Lipinski definition) is 2. The van der Waals surface area contributed by atoms with Crippen molar-refractivity contribution in [3.8, 4) is 0 Å². The number of rotatable bonds is 6. The highest BCUT2D eigenvalue weighted by Gasteiger charge is 2.04. The van der Waals surface area contributed by atoms with Crippen molar-refractivity contribution in [1.29, 1.82) is 0 Å². The molecule has 0 unspecified atom stereocenters. The van der Waals surface area contributed by atoms with Gasteiger partial charge in [0.05, 0.1) is 0 Å². The van der Waals surface area contributed by atoms with Crippen LogP contribution in [0, 0.1) is 5.92 Å². The maximum Gasteiger partial charge on any atom is 0.246 e. The Hall–Kier alpha value is -1.32. The van der Waals surface area contributed by atoms with Gasteiger partial charge in [-0.05, 0) is 12.8 Å². The molecule has 0 heterocycles. The predicted molar refractivity (Wildman–Crippen MR) is 60.3 cm³/mol. The van der Waals surface area contributed by atoms with Gasteiger partial charge in [-0.1, -0.05) is 20.4 Å². The number of carbonyl (C=O) groups excluding carboxylic acids is 2. The van der Waals surface area contributed by atoms with Crippen molar-refractivity contribution in [3.05, 3.63) is 12.2 Å². The lowest BCUT2D eigenvalue weighted by molar-refractivity contribution is -0.122. The lowest BCUT2D eigenvalue weighted by Crippen LogP contribution is -2.35. The van der Waals surface area contributed by atoms with Gasteiger partial charge in [0, 0.05) is 25.1 Å². The summed E-state index contributed by atoms with van der Waals surface area (Å²) in [7, 11) is 0. The third kappa shape index (κ3) is 7.73. The zero-order valence-corrected chi connectivity index (χ0v) is 9.72. The minimum Gasteiger partial charge on any atom is -0.354 e. The molecule has 0 saturated heterocycles. The second-order valence-corrected chi connectivity index (χ2v) is 3.98. The Morgan fingerprint density at radius 3 is 2.20 bits per heavy atom. The summed E-state index contributed by atoms with van der Waals surface area (Å²) in [5, 5.41) is 5.36. The Labute approximate surface area is 91.1 Å². The Morgan fingerprint density at radius 1 is 1.20 bits per heavy atom. The molecule has 0 aliphatic carbocycles. The van der Waals surface area contributed by atoms with Crippen molar-refractivity contribution in [2.24, 2.45) is 5.92 Å². The number of nitrogens with one attached hydrogen (secondary N) is 2. The summed E-state index contributed by atoms with van der Waals surface area (Å²) >= 11 is 0. The van der Waals surface area contributed by atoms with Crippen LogP contribution < -0.4 is 10.6 Å². The molecule has 0 aromatic rings. The topological polar surface area (TPSA) is 58.2 Å². The van der Waals surface area contributed by atoms with Crippen LogP contribution in [0.15, 0.2) is 12.2 Å². The normalized spacial score (nSPS) is 9.87. The van der Waals surface area contributed by atoms with E-state index in [9.17, 15) is 9.59 Å². The number of carbonyl (C=O) groups is 2. The van der Waals surface area contributed by atoms with Crippen LogP contribution in [0.5, 0.6) is 0 Å². The second kappa shape index (κ2) is 7.04. The van der Waals surface area contributed by atoms with Gasteiger partial charge < -0.3 is 10.6 Å². The van der Waals surface area contributed by atoms with Gasteiger partial charge in [0.1, 0.15) is 0 Å². The van der Waals surface area contributed by atoms with E-state index in [1.807, 2.05) is 13.8 Å². The largest absolute Gasteiger partial charge is 0.354 e. The molecule has 0 saturated carbocycles. The second-order valence-electron chi connectivity index (χ2n) is 3.98. The summed E-state index contributed by atoms with van der Waals surface area (Å²) in [5.41, 5.74) is 0.475. The van der Waals surface area contributed by atoms with Crippen molar-refractivity contribution in [2.45, 2.75) is 27.2 Å². The Bertz CT molecular complexity index is 247. The Balaban J connectivity index is 3.50. The third-order valence-corrected chi connectivity index (χ3v) is 1.71. The monoisotopic (exact) mass is 212 g/mol. The van der Waals surface area contributed by atoms with Gasteiger partial charge >= 0.3 is 0 Å². The van der Waals surface area contributed by atoms with Crippen LogP contribution in [0.2, 0.25) is 0 Å². The van der Waals surface area contributed by atoms with Gasteiger partial charge in [-0.25, -0.2) is 0 Å². The number of amides is 2. The van der Waals surface area contributed by atoms with E-state index < -0.39 is 0 Å². The molecule has 0 bridgehead atoms. The minimum atomic E-state index is -0.173.